The highest BCUT2D eigenvalue weighted by atomic mass is 35.5. The van der Waals surface area contributed by atoms with Gasteiger partial charge in [-0.2, -0.15) is 0 Å². The van der Waals surface area contributed by atoms with E-state index in [-0.39, 0.29) is 0 Å². The first kappa shape index (κ1) is 19.6. The fraction of sp³-hybridized carbons (Fsp3) is 0.320. The molecule has 0 atom stereocenters. The monoisotopic (exact) mass is 419 g/mol. The molecule has 0 N–H and O–H groups in total. The van der Waals surface area contributed by atoms with E-state index in [2.05, 4.69) is 70.8 Å². The molecule has 1 saturated heterocycles. The second-order valence-electron chi connectivity index (χ2n) is 7.98. The fourth-order valence-electron chi connectivity index (χ4n) is 4.71. The van der Waals surface area contributed by atoms with Crippen molar-refractivity contribution < 1.29 is 4.74 Å². The number of benzene rings is 2. The lowest BCUT2D eigenvalue weighted by molar-refractivity contribution is 0.0342. The van der Waals surface area contributed by atoms with E-state index in [1.807, 2.05) is 6.20 Å². The predicted octanol–water partition coefficient (Wildman–Crippen LogP) is 5.67. The van der Waals surface area contributed by atoms with E-state index in [0.717, 1.165) is 50.1 Å². The maximum absolute atomic E-state index is 6.61. The minimum absolute atomic E-state index is 0.765. The van der Waals surface area contributed by atoms with E-state index in [1.165, 1.54) is 38.5 Å². The number of morpholine rings is 1. The SMILES string of the molecule is CCn1c2c(-c3cccc(CN4CCOCC4)c3)cc(Cl)cc2c2ccnc(C)c21. The van der Waals surface area contributed by atoms with Gasteiger partial charge in [0.2, 0.25) is 0 Å². The lowest BCUT2D eigenvalue weighted by Crippen LogP contribution is -2.35. The standard InChI is InChI=1S/C25H26ClN3O/c1-3-29-24-17(2)27-8-7-21(24)23-15-20(26)14-22(25(23)29)19-6-4-5-18(13-19)16-28-9-11-30-12-10-28/h4-8,13-15H,3,9-12,16H2,1-2H3. The normalized spacial score (nSPS) is 15.3. The molecule has 0 spiro atoms. The van der Waals surface area contributed by atoms with Gasteiger partial charge in [-0.1, -0.05) is 29.8 Å². The average Bonchev–Trinajstić information content (AvgIpc) is 3.09. The van der Waals surface area contributed by atoms with Crippen molar-refractivity contribution in [2.24, 2.45) is 0 Å². The van der Waals surface area contributed by atoms with Crippen LogP contribution in [0.4, 0.5) is 0 Å². The molecule has 0 bridgehead atoms. The molecule has 0 saturated carbocycles. The second-order valence-corrected chi connectivity index (χ2v) is 8.41. The molecule has 5 heteroatoms. The lowest BCUT2D eigenvalue weighted by atomic mass is 10.00. The summed E-state index contributed by atoms with van der Waals surface area (Å²) in [6.45, 7) is 9.71. The van der Waals surface area contributed by atoms with Crippen LogP contribution in [0.1, 0.15) is 18.2 Å². The third-order valence-corrected chi connectivity index (χ3v) is 6.29. The summed E-state index contributed by atoms with van der Waals surface area (Å²) in [5.74, 6) is 0. The van der Waals surface area contributed by atoms with Crippen molar-refractivity contribution in [3.05, 3.63) is 64.9 Å². The summed E-state index contributed by atoms with van der Waals surface area (Å²) in [5.41, 5.74) is 7.18. The van der Waals surface area contributed by atoms with Crippen molar-refractivity contribution in [1.82, 2.24) is 14.5 Å². The molecule has 3 heterocycles. The van der Waals surface area contributed by atoms with Gasteiger partial charge in [0.05, 0.1) is 29.9 Å². The number of hydrogen-bond donors (Lipinski definition) is 0. The maximum atomic E-state index is 6.61. The Balaban J connectivity index is 1.68. The average molecular weight is 420 g/mol. The second kappa shape index (κ2) is 8.03. The Kier molecular flexibility index (Phi) is 5.23. The lowest BCUT2D eigenvalue weighted by Gasteiger charge is -2.26. The molecule has 0 amide bonds. The molecule has 154 valence electrons. The molecule has 0 radical (unpaired) electrons. The highest BCUT2D eigenvalue weighted by Gasteiger charge is 2.18. The van der Waals surface area contributed by atoms with Crippen LogP contribution in [0.15, 0.2) is 48.7 Å². The van der Waals surface area contributed by atoms with Crippen LogP contribution in [-0.4, -0.2) is 40.8 Å². The molecule has 2 aromatic carbocycles. The van der Waals surface area contributed by atoms with Crippen LogP contribution >= 0.6 is 11.6 Å². The number of aromatic nitrogens is 2. The van der Waals surface area contributed by atoms with Gasteiger partial charge in [-0.15, -0.1) is 0 Å². The largest absolute Gasteiger partial charge is 0.379 e. The zero-order chi connectivity index (χ0) is 20.7. The van der Waals surface area contributed by atoms with Gasteiger partial charge in [0.1, 0.15) is 0 Å². The number of hydrogen-bond acceptors (Lipinski definition) is 3. The third kappa shape index (κ3) is 3.39. The third-order valence-electron chi connectivity index (χ3n) is 6.08. The van der Waals surface area contributed by atoms with Crippen molar-refractivity contribution in [1.29, 1.82) is 0 Å². The van der Waals surface area contributed by atoms with Gasteiger partial charge >= 0.3 is 0 Å². The molecule has 4 nitrogen and oxygen atoms in total. The molecule has 1 aliphatic heterocycles. The van der Waals surface area contributed by atoms with Crippen LogP contribution in [0.2, 0.25) is 5.02 Å². The number of nitrogens with zero attached hydrogens (tertiary/aromatic N) is 3. The summed E-state index contributed by atoms with van der Waals surface area (Å²) in [5, 5.41) is 3.17. The Labute approximate surface area is 182 Å². The molecule has 2 aromatic heterocycles. The van der Waals surface area contributed by atoms with Gasteiger partial charge in [-0.05, 0) is 49.2 Å². The summed E-state index contributed by atoms with van der Waals surface area (Å²) in [6.07, 6.45) is 1.89. The van der Waals surface area contributed by atoms with E-state index in [1.54, 1.807) is 0 Å². The van der Waals surface area contributed by atoms with Gasteiger partial charge in [-0.3, -0.25) is 9.88 Å². The van der Waals surface area contributed by atoms with Crippen LogP contribution < -0.4 is 0 Å². The topological polar surface area (TPSA) is 30.3 Å². The van der Waals surface area contributed by atoms with Crippen molar-refractivity contribution in [2.45, 2.75) is 26.9 Å². The van der Waals surface area contributed by atoms with Crippen LogP contribution in [-0.2, 0) is 17.8 Å². The molecule has 0 aliphatic carbocycles. The molecular formula is C25H26ClN3O. The summed E-state index contributed by atoms with van der Waals surface area (Å²) < 4.78 is 7.87. The quantitative estimate of drug-likeness (QED) is 0.427. The summed E-state index contributed by atoms with van der Waals surface area (Å²) in [4.78, 5) is 7.00. The Morgan fingerprint density at radius 1 is 1.03 bits per heavy atom. The summed E-state index contributed by atoms with van der Waals surface area (Å²) >= 11 is 6.61. The zero-order valence-corrected chi connectivity index (χ0v) is 18.2. The summed E-state index contributed by atoms with van der Waals surface area (Å²) in [7, 11) is 0. The number of fused-ring (bicyclic) bond motifs is 3. The number of rotatable bonds is 4. The van der Waals surface area contributed by atoms with E-state index in [9.17, 15) is 0 Å². The first-order valence-corrected chi connectivity index (χ1v) is 11.0. The van der Waals surface area contributed by atoms with Crippen LogP contribution in [0.3, 0.4) is 0 Å². The highest BCUT2D eigenvalue weighted by molar-refractivity contribution is 6.32. The fourth-order valence-corrected chi connectivity index (χ4v) is 4.93. The van der Waals surface area contributed by atoms with Crippen molar-refractivity contribution in [2.75, 3.05) is 26.3 Å². The number of ether oxygens (including phenoxy) is 1. The van der Waals surface area contributed by atoms with Gasteiger partial charge in [0, 0.05) is 53.7 Å². The Bertz CT molecular complexity index is 1220. The Hall–Kier alpha value is -2.40. The molecular weight excluding hydrogens is 394 g/mol. The van der Waals surface area contributed by atoms with Crippen molar-refractivity contribution >= 4 is 33.4 Å². The van der Waals surface area contributed by atoms with E-state index < -0.39 is 0 Å². The van der Waals surface area contributed by atoms with Gasteiger partial charge in [0.15, 0.2) is 0 Å². The Morgan fingerprint density at radius 2 is 1.87 bits per heavy atom. The van der Waals surface area contributed by atoms with E-state index >= 15 is 0 Å². The van der Waals surface area contributed by atoms with Gasteiger partial charge < -0.3 is 9.30 Å². The van der Waals surface area contributed by atoms with Gasteiger partial charge in [-0.25, -0.2) is 0 Å². The van der Waals surface area contributed by atoms with Crippen molar-refractivity contribution in [3.63, 3.8) is 0 Å². The van der Waals surface area contributed by atoms with Crippen molar-refractivity contribution in [3.8, 4) is 11.1 Å². The van der Waals surface area contributed by atoms with Gasteiger partial charge in [0.25, 0.3) is 0 Å². The molecule has 1 aliphatic rings. The van der Waals surface area contributed by atoms with E-state index in [0.29, 0.717) is 0 Å². The van der Waals surface area contributed by atoms with E-state index in [4.69, 9.17) is 16.3 Å². The smallest absolute Gasteiger partial charge is 0.0707 e. The Morgan fingerprint density at radius 3 is 2.67 bits per heavy atom. The maximum Gasteiger partial charge on any atom is 0.0707 e. The van der Waals surface area contributed by atoms with Crippen LogP contribution in [0.25, 0.3) is 32.9 Å². The molecule has 0 unspecified atom stereocenters. The number of pyridine rings is 1. The molecule has 1 fully saturated rings. The highest BCUT2D eigenvalue weighted by Crippen LogP contribution is 2.39. The first-order chi connectivity index (χ1) is 14.7. The predicted molar refractivity (Wildman–Crippen MR) is 124 cm³/mol. The first-order valence-electron chi connectivity index (χ1n) is 10.6. The zero-order valence-electron chi connectivity index (χ0n) is 17.5. The van der Waals surface area contributed by atoms with Crippen LogP contribution in [0, 0.1) is 6.92 Å². The summed E-state index contributed by atoms with van der Waals surface area (Å²) in [6, 6.07) is 15.2. The minimum Gasteiger partial charge on any atom is -0.379 e. The van der Waals surface area contributed by atoms with Crippen LogP contribution in [0.5, 0.6) is 0 Å². The molecule has 5 rings (SSSR count). The molecule has 30 heavy (non-hydrogen) atoms. The number of aryl methyl sites for hydroxylation is 2. The minimum atomic E-state index is 0.765. The molecule has 4 aromatic rings. The number of halogens is 1.